The minimum atomic E-state index is -1.45. The summed E-state index contributed by atoms with van der Waals surface area (Å²) >= 11 is 0. The maximum atomic E-state index is 14.4. The van der Waals surface area contributed by atoms with Crippen molar-refractivity contribution in [3.05, 3.63) is 54.4 Å². The van der Waals surface area contributed by atoms with E-state index in [4.69, 9.17) is 19.2 Å². The molecule has 14 nitrogen and oxygen atoms in total. The van der Waals surface area contributed by atoms with E-state index in [0.717, 1.165) is 24.8 Å². The molecule has 3 aliphatic rings. The van der Waals surface area contributed by atoms with E-state index in [0.29, 0.717) is 41.1 Å². The predicted octanol–water partition coefficient (Wildman–Crippen LogP) is 4.46. The molecule has 0 bridgehead atoms. The average Bonchev–Trinajstić information content (AvgIpc) is 3.34. The van der Waals surface area contributed by atoms with Crippen molar-refractivity contribution in [1.82, 2.24) is 30.3 Å². The first-order chi connectivity index (χ1) is 24.3. The van der Waals surface area contributed by atoms with Crippen molar-refractivity contribution in [2.45, 2.75) is 102 Å². The molecule has 3 aromatic rings. The number of carbonyl (C=O) groups is 4. The van der Waals surface area contributed by atoms with E-state index in [2.05, 4.69) is 15.7 Å². The van der Waals surface area contributed by atoms with Gasteiger partial charge in [-0.25, -0.2) is 19.3 Å². The molecular weight excluding hydrogens is 656 g/mol. The lowest BCUT2D eigenvalue weighted by Crippen LogP contribution is -2.56. The van der Waals surface area contributed by atoms with Gasteiger partial charge in [-0.05, 0) is 71.1 Å². The standard InChI is InChI=1S/C37H46N6O8/c1-22-19-38-43(20-22)31-17-30(26-14-13-24(49-5)15-28(26)39-31)50-25-16-29-32(44)41-37(34(46)47)18-23(37)11-9-7-6-8-10-12-27(33(45)42(29)21-25)40-35(48)51-36(2,3)4/h9,11,13-15,17,19-20,23,25,27,29H,6-8,10,12,16,18,21H2,1-5H3,(H,40,48)(H,41,44)(H,46,47)/b11-9-/t23-,25-,27-,29+,37-/m1/s1. The first-order valence-electron chi connectivity index (χ1n) is 17.5. The normalized spacial score (nSPS) is 26.2. The maximum absolute atomic E-state index is 14.4. The minimum absolute atomic E-state index is 0.0169. The van der Waals surface area contributed by atoms with Gasteiger partial charge >= 0.3 is 12.1 Å². The Labute approximate surface area is 296 Å². The predicted molar refractivity (Wildman–Crippen MR) is 187 cm³/mol. The number of aliphatic carboxylic acids is 1. The SMILES string of the molecule is COc1ccc2c(O[C@@H]3C[C@H]4C(=O)N[C@]5(C(=O)O)C[C@H]5/C=C\CCCCC[C@@H](NC(=O)OC(C)(C)C)C(=O)N4C3)cc(-n3cc(C)cn3)nc2c1. The van der Waals surface area contributed by atoms with Crippen LogP contribution < -0.4 is 20.1 Å². The van der Waals surface area contributed by atoms with Crippen LogP contribution in [0.4, 0.5) is 4.79 Å². The highest BCUT2D eigenvalue weighted by atomic mass is 16.6. The lowest BCUT2D eigenvalue weighted by molar-refractivity contribution is -0.145. The molecule has 2 aromatic heterocycles. The van der Waals surface area contributed by atoms with Crippen LogP contribution in [0.25, 0.3) is 16.7 Å². The fourth-order valence-corrected chi connectivity index (χ4v) is 6.82. The molecule has 5 atom stereocenters. The van der Waals surface area contributed by atoms with Crippen LogP contribution in [0.3, 0.4) is 0 Å². The van der Waals surface area contributed by atoms with Crippen LogP contribution >= 0.6 is 0 Å². The van der Waals surface area contributed by atoms with Crippen molar-refractivity contribution < 1.29 is 38.5 Å². The van der Waals surface area contributed by atoms with Crippen LogP contribution in [0.2, 0.25) is 0 Å². The number of carboxylic acids is 1. The summed E-state index contributed by atoms with van der Waals surface area (Å²) in [6.07, 6.45) is 9.68. The number of carbonyl (C=O) groups excluding carboxylic acids is 3. The van der Waals surface area contributed by atoms with Crippen LogP contribution in [0.5, 0.6) is 11.5 Å². The number of rotatable bonds is 6. The molecule has 6 rings (SSSR count). The minimum Gasteiger partial charge on any atom is -0.497 e. The number of hydrogen-bond acceptors (Lipinski definition) is 9. The maximum Gasteiger partial charge on any atom is 0.408 e. The molecule has 3 N–H and O–H groups in total. The van der Waals surface area contributed by atoms with Gasteiger partial charge in [0, 0.05) is 36.1 Å². The summed E-state index contributed by atoms with van der Waals surface area (Å²) in [6, 6.07) is 5.14. The van der Waals surface area contributed by atoms with Gasteiger partial charge in [0.2, 0.25) is 11.8 Å². The third kappa shape index (κ3) is 7.94. The Balaban J connectivity index is 1.34. The Morgan fingerprint density at radius 3 is 2.65 bits per heavy atom. The molecule has 14 heteroatoms. The monoisotopic (exact) mass is 702 g/mol. The molecule has 2 fully saturated rings. The molecule has 51 heavy (non-hydrogen) atoms. The zero-order valence-electron chi connectivity index (χ0n) is 29.7. The van der Waals surface area contributed by atoms with E-state index >= 15 is 0 Å². The van der Waals surface area contributed by atoms with E-state index in [1.54, 1.807) is 57.0 Å². The second-order valence-electron chi connectivity index (χ2n) is 14.6. The number of nitrogens with one attached hydrogen (secondary N) is 2. The summed E-state index contributed by atoms with van der Waals surface area (Å²) in [7, 11) is 1.57. The van der Waals surface area contributed by atoms with E-state index in [-0.39, 0.29) is 25.3 Å². The molecule has 0 radical (unpaired) electrons. The summed E-state index contributed by atoms with van der Waals surface area (Å²) < 4.78 is 19.2. The van der Waals surface area contributed by atoms with E-state index < -0.39 is 53.2 Å². The van der Waals surface area contributed by atoms with Gasteiger partial charge in [0.25, 0.3) is 0 Å². The van der Waals surface area contributed by atoms with Crippen LogP contribution in [-0.4, -0.2) is 91.6 Å². The van der Waals surface area contributed by atoms with Gasteiger partial charge in [-0.2, -0.15) is 5.10 Å². The number of methoxy groups -OCH3 is 1. The van der Waals surface area contributed by atoms with Crippen molar-refractivity contribution in [2.24, 2.45) is 5.92 Å². The lowest BCUT2D eigenvalue weighted by atomic mass is 10.0. The van der Waals surface area contributed by atoms with Gasteiger partial charge in [-0.3, -0.25) is 9.59 Å². The zero-order valence-corrected chi connectivity index (χ0v) is 29.7. The molecule has 0 unspecified atom stereocenters. The molecule has 272 valence electrons. The van der Waals surface area contributed by atoms with E-state index in [9.17, 15) is 24.3 Å². The number of amides is 3. The number of aromatic nitrogens is 3. The Kier molecular flexibility index (Phi) is 9.96. The highest BCUT2D eigenvalue weighted by Gasteiger charge is 2.61. The number of allylic oxidation sites excluding steroid dienone is 1. The largest absolute Gasteiger partial charge is 0.497 e. The number of pyridine rings is 1. The third-order valence-electron chi connectivity index (χ3n) is 9.52. The van der Waals surface area contributed by atoms with Gasteiger partial charge < -0.3 is 34.9 Å². The Morgan fingerprint density at radius 2 is 1.94 bits per heavy atom. The van der Waals surface area contributed by atoms with Crippen molar-refractivity contribution >= 4 is 34.8 Å². The summed E-state index contributed by atoms with van der Waals surface area (Å²) in [4.78, 5) is 60.1. The number of nitrogens with zero attached hydrogens (tertiary/aromatic N) is 4. The second kappa shape index (κ2) is 14.2. The second-order valence-corrected chi connectivity index (χ2v) is 14.6. The summed E-state index contributed by atoms with van der Waals surface area (Å²) in [5.74, 6) is -0.962. The van der Waals surface area contributed by atoms with Gasteiger partial charge in [0.15, 0.2) is 5.82 Å². The number of carboxylic acid groups (broad SMARTS) is 1. The van der Waals surface area contributed by atoms with Gasteiger partial charge in [0.1, 0.15) is 40.8 Å². The topological polar surface area (TPSA) is 174 Å². The average molecular weight is 703 g/mol. The van der Waals surface area contributed by atoms with E-state index in [1.807, 2.05) is 31.3 Å². The first kappa shape index (κ1) is 35.7. The molecule has 1 aromatic carbocycles. The Morgan fingerprint density at radius 1 is 1.14 bits per heavy atom. The van der Waals surface area contributed by atoms with Crippen molar-refractivity contribution in [3.63, 3.8) is 0 Å². The zero-order chi connectivity index (χ0) is 36.5. The number of ether oxygens (including phenoxy) is 3. The number of benzene rings is 1. The van der Waals surface area contributed by atoms with Crippen molar-refractivity contribution in [1.29, 1.82) is 0 Å². The van der Waals surface area contributed by atoms with Crippen molar-refractivity contribution in [2.75, 3.05) is 13.7 Å². The summed E-state index contributed by atoms with van der Waals surface area (Å²) in [5, 5.41) is 20.8. The highest BCUT2D eigenvalue weighted by Crippen LogP contribution is 2.45. The first-order valence-corrected chi connectivity index (χ1v) is 17.5. The molecule has 4 heterocycles. The van der Waals surface area contributed by atoms with Gasteiger partial charge in [0.05, 0.1) is 25.4 Å². The van der Waals surface area contributed by atoms with Crippen molar-refractivity contribution in [3.8, 4) is 17.3 Å². The highest BCUT2D eigenvalue weighted by molar-refractivity contribution is 5.96. The van der Waals surface area contributed by atoms with Crippen LogP contribution in [0.15, 0.2) is 48.8 Å². The Bertz CT molecular complexity index is 1850. The smallest absolute Gasteiger partial charge is 0.408 e. The third-order valence-corrected chi connectivity index (χ3v) is 9.52. The number of fused-ring (bicyclic) bond motifs is 3. The van der Waals surface area contributed by atoms with Crippen LogP contribution in [0.1, 0.15) is 71.3 Å². The number of aryl methyl sites for hydroxylation is 1. The molecule has 3 amide bonds. The van der Waals surface area contributed by atoms with Gasteiger partial charge in [-0.15, -0.1) is 0 Å². The summed E-state index contributed by atoms with van der Waals surface area (Å²) in [5.41, 5.74) is -0.704. The number of hydrogen-bond donors (Lipinski definition) is 3. The van der Waals surface area contributed by atoms with Crippen LogP contribution in [-0.2, 0) is 19.1 Å². The molecular formula is C37H46N6O8. The fourth-order valence-electron chi connectivity index (χ4n) is 6.82. The van der Waals surface area contributed by atoms with Gasteiger partial charge in [-0.1, -0.05) is 25.0 Å². The quantitative estimate of drug-likeness (QED) is 0.311. The summed E-state index contributed by atoms with van der Waals surface area (Å²) in [6.45, 7) is 7.15. The molecule has 1 saturated heterocycles. The molecule has 0 spiro atoms. The lowest BCUT2D eigenvalue weighted by Gasteiger charge is -2.30. The fraction of sp³-hybridized carbons (Fsp3) is 0.514. The molecule has 1 saturated carbocycles. The van der Waals surface area contributed by atoms with Crippen LogP contribution in [0, 0.1) is 12.8 Å². The Hall–Kier alpha value is -5.14. The van der Waals surface area contributed by atoms with E-state index in [1.165, 1.54) is 4.90 Å². The molecule has 1 aliphatic carbocycles. The number of alkyl carbamates (subject to hydrolysis) is 1. The molecule has 2 aliphatic heterocycles.